The third-order valence-electron chi connectivity index (χ3n) is 2.93. The van der Waals surface area contributed by atoms with Gasteiger partial charge in [-0.3, -0.25) is 0 Å². The second kappa shape index (κ2) is 3.58. The van der Waals surface area contributed by atoms with Crippen molar-refractivity contribution in [3.8, 4) is 0 Å². The second-order valence-corrected chi connectivity index (χ2v) is 5.43. The molecule has 0 nitrogen and oxygen atoms in total. The molecule has 0 atom stereocenters. The van der Waals surface area contributed by atoms with Gasteiger partial charge in [0.25, 0.3) is 0 Å². The summed E-state index contributed by atoms with van der Waals surface area (Å²) in [5, 5.41) is 1.70. The van der Waals surface area contributed by atoms with E-state index in [1.807, 2.05) is 25.1 Å². The van der Waals surface area contributed by atoms with Crippen LogP contribution in [0.15, 0.2) is 30.3 Å². The Hall–Kier alpha value is -1.37. The fraction of sp³-hybridized carbons (Fsp3) is 0.333. The second-order valence-electron chi connectivity index (χ2n) is 5.43. The van der Waals surface area contributed by atoms with Gasteiger partial charge in [-0.05, 0) is 35.4 Å². The molecule has 0 aliphatic carbocycles. The van der Waals surface area contributed by atoms with Gasteiger partial charge in [-0.15, -0.1) is 0 Å². The summed E-state index contributed by atoms with van der Waals surface area (Å²) >= 11 is 0. The molecule has 2 aromatic carbocycles. The van der Waals surface area contributed by atoms with Gasteiger partial charge in [0.05, 0.1) is 0 Å². The predicted molar refractivity (Wildman–Crippen MR) is 67.3 cm³/mol. The third-order valence-corrected chi connectivity index (χ3v) is 2.93. The lowest BCUT2D eigenvalue weighted by atomic mass is 9.85. The number of hydrogen-bond donors (Lipinski definition) is 0. The maximum Gasteiger partial charge on any atom is 0.131 e. The van der Waals surface area contributed by atoms with E-state index in [2.05, 4.69) is 26.8 Å². The van der Waals surface area contributed by atoms with Crippen LogP contribution in [0.1, 0.15) is 31.9 Å². The highest BCUT2D eigenvalue weighted by Crippen LogP contribution is 2.28. The number of rotatable bonds is 0. The van der Waals surface area contributed by atoms with E-state index in [9.17, 15) is 4.39 Å². The first-order valence-corrected chi connectivity index (χ1v) is 5.58. The van der Waals surface area contributed by atoms with Crippen LogP contribution in [0.5, 0.6) is 0 Å². The quantitative estimate of drug-likeness (QED) is 0.604. The Morgan fingerprint density at radius 1 is 1.00 bits per heavy atom. The molecule has 0 radical (unpaired) electrons. The van der Waals surface area contributed by atoms with Crippen molar-refractivity contribution in [2.75, 3.05) is 0 Å². The minimum absolute atomic E-state index is 0.0140. The predicted octanol–water partition coefficient (Wildman–Crippen LogP) is 4.58. The average molecular weight is 216 g/mol. The Labute approximate surface area is 96.1 Å². The maximum atomic E-state index is 14.0. The molecule has 2 aromatic rings. The van der Waals surface area contributed by atoms with E-state index < -0.39 is 0 Å². The molecule has 0 saturated carbocycles. The van der Waals surface area contributed by atoms with Gasteiger partial charge in [-0.25, -0.2) is 4.39 Å². The lowest BCUT2D eigenvalue weighted by Crippen LogP contribution is -2.11. The van der Waals surface area contributed by atoms with Crippen LogP contribution < -0.4 is 0 Å². The summed E-state index contributed by atoms with van der Waals surface area (Å²) in [4.78, 5) is 0. The van der Waals surface area contributed by atoms with Crippen molar-refractivity contribution in [3.05, 3.63) is 47.3 Å². The van der Waals surface area contributed by atoms with Crippen LogP contribution in [-0.4, -0.2) is 0 Å². The Kier molecular flexibility index (Phi) is 2.49. The molecule has 16 heavy (non-hydrogen) atoms. The number of fused-ring (bicyclic) bond motifs is 1. The molecule has 84 valence electrons. The van der Waals surface area contributed by atoms with Gasteiger partial charge in [-0.2, -0.15) is 0 Å². The van der Waals surface area contributed by atoms with E-state index >= 15 is 0 Å². The lowest BCUT2D eigenvalue weighted by Gasteiger charge is -2.20. The van der Waals surface area contributed by atoms with Gasteiger partial charge in [0, 0.05) is 5.39 Å². The van der Waals surface area contributed by atoms with Crippen LogP contribution in [-0.2, 0) is 5.41 Å². The molecule has 0 amide bonds. The van der Waals surface area contributed by atoms with Crippen LogP contribution >= 0.6 is 0 Å². The van der Waals surface area contributed by atoms with E-state index in [-0.39, 0.29) is 11.2 Å². The minimum atomic E-state index is -0.119. The first-order chi connectivity index (χ1) is 7.38. The molecule has 0 saturated heterocycles. The fourth-order valence-corrected chi connectivity index (χ4v) is 1.86. The molecule has 2 rings (SSSR count). The van der Waals surface area contributed by atoms with Crippen LogP contribution in [0.4, 0.5) is 4.39 Å². The Balaban J connectivity index is 2.74. The SMILES string of the molecule is Cc1ccc2cc(C(C)(C)C)cc(F)c2c1. The molecule has 0 aliphatic heterocycles. The van der Waals surface area contributed by atoms with E-state index in [1.165, 1.54) is 0 Å². The number of aryl methyl sites for hydroxylation is 1. The summed E-state index contributed by atoms with van der Waals surface area (Å²) < 4.78 is 14.0. The third kappa shape index (κ3) is 1.95. The Bertz CT molecular complexity index is 533. The minimum Gasteiger partial charge on any atom is -0.206 e. The molecular formula is C15H17F. The van der Waals surface area contributed by atoms with E-state index in [0.717, 1.165) is 16.5 Å². The van der Waals surface area contributed by atoms with Crippen LogP contribution in [0.25, 0.3) is 10.8 Å². The Morgan fingerprint density at radius 2 is 1.69 bits per heavy atom. The van der Waals surface area contributed by atoms with Gasteiger partial charge in [0.15, 0.2) is 0 Å². The fourth-order valence-electron chi connectivity index (χ4n) is 1.86. The summed E-state index contributed by atoms with van der Waals surface area (Å²) in [6, 6.07) is 9.65. The molecule has 0 bridgehead atoms. The zero-order valence-electron chi connectivity index (χ0n) is 10.3. The molecule has 0 fully saturated rings. The largest absolute Gasteiger partial charge is 0.206 e. The van der Waals surface area contributed by atoms with E-state index in [1.54, 1.807) is 6.07 Å². The number of halogens is 1. The van der Waals surface area contributed by atoms with E-state index in [4.69, 9.17) is 0 Å². The van der Waals surface area contributed by atoms with Gasteiger partial charge < -0.3 is 0 Å². The summed E-state index contributed by atoms with van der Waals surface area (Å²) in [5.41, 5.74) is 2.12. The zero-order valence-corrected chi connectivity index (χ0v) is 10.3. The molecule has 0 N–H and O–H groups in total. The van der Waals surface area contributed by atoms with Crippen molar-refractivity contribution in [2.24, 2.45) is 0 Å². The lowest BCUT2D eigenvalue weighted by molar-refractivity contribution is 0.577. The highest BCUT2D eigenvalue weighted by atomic mass is 19.1. The molecule has 0 heterocycles. The molecule has 0 aliphatic rings. The Morgan fingerprint density at radius 3 is 2.31 bits per heavy atom. The topological polar surface area (TPSA) is 0 Å². The summed E-state index contributed by atoms with van der Waals surface area (Å²) in [6.45, 7) is 8.28. The highest BCUT2D eigenvalue weighted by molar-refractivity contribution is 5.84. The monoisotopic (exact) mass is 216 g/mol. The van der Waals surface area contributed by atoms with Crippen molar-refractivity contribution in [1.29, 1.82) is 0 Å². The molecule has 0 unspecified atom stereocenters. The first-order valence-electron chi connectivity index (χ1n) is 5.58. The summed E-state index contributed by atoms with van der Waals surface area (Å²) in [5.74, 6) is -0.119. The molecule has 0 spiro atoms. The van der Waals surface area contributed by atoms with Crippen molar-refractivity contribution < 1.29 is 4.39 Å². The highest BCUT2D eigenvalue weighted by Gasteiger charge is 2.16. The van der Waals surface area contributed by atoms with Crippen LogP contribution in [0.3, 0.4) is 0 Å². The van der Waals surface area contributed by atoms with Crippen LogP contribution in [0, 0.1) is 12.7 Å². The standard InChI is InChI=1S/C15H17F/c1-10-5-6-11-8-12(15(2,3)4)9-14(16)13(11)7-10/h5-9H,1-4H3. The van der Waals surface area contributed by atoms with Gasteiger partial charge in [0.1, 0.15) is 5.82 Å². The summed E-state index contributed by atoms with van der Waals surface area (Å²) in [7, 11) is 0. The molecule has 1 heteroatoms. The van der Waals surface area contributed by atoms with Crippen molar-refractivity contribution in [2.45, 2.75) is 33.1 Å². The molecule has 0 aromatic heterocycles. The van der Waals surface area contributed by atoms with Gasteiger partial charge >= 0.3 is 0 Å². The number of hydrogen-bond acceptors (Lipinski definition) is 0. The first kappa shape index (κ1) is 11.1. The maximum absolute atomic E-state index is 14.0. The van der Waals surface area contributed by atoms with Crippen LogP contribution in [0.2, 0.25) is 0 Å². The van der Waals surface area contributed by atoms with Crippen molar-refractivity contribution >= 4 is 10.8 Å². The summed E-state index contributed by atoms with van der Waals surface area (Å²) in [6.07, 6.45) is 0. The van der Waals surface area contributed by atoms with Crippen molar-refractivity contribution in [3.63, 3.8) is 0 Å². The molecular weight excluding hydrogens is 199 g/mol. The van der Waals surface area contributed by atoms with Gasteiger partial charge in [-0.1, -0.05) is 44.5 Å². The van der Waals surface area contributed by atoms with Gasteiger partial charge in [0.2, 0.25) is 0 Å². The zero-order chi connectivity index (χ0) is 11.9. The van der Waals surface area contributed by atoms with E-state index in [0.29, 0.717) is 5.39 Å². The average Bonchev–Trinajstić information content (AvgIpc) is 2.17. The van der Waals surface area contributed by atoms with Crippen molar-refractivity contribution in [1.82, 2.24) is 0 Å². The normalized spacial score (nSPS) is 12.1. The smallest absolute Gasteiger partial charge is 0.131 e. The number of benzene rings is 2.